The first-order valence-corrected chi connectivity index (χ1v) is 6.31. The van der Waals surface area contributed by atoms with Gasteiger partial charge in [0.25, 0.3) is 0 Å². The van der Waals surface area contributed by atoms with Crippen LogP contribution in [-0.2, 0) is 12.0 Å². The molecule has 1 aliphatic heterocycles. The van der Waals surface area contributed by atoms with Gasteiger partial charge in [-0.05, 0) is 35.4 Å². The van der Waals surface area contributed by atoms with E-state index in [2.05, 4.69) is 48.0 Å². The Balaban J connectivity index is 1.92. The van der Waals surface area contributed by atoms with Crippen LogP contribution in [0, 0.1) is 6.07 Å². The van der Waals surface area contributed by atoms with Crippen LogP contribution in [0.2, 0.25) is 0 Å². The van der Waals surface area contributed by atoms with Crippen molar-refractivity contribution in [1.82, 2.24) is 4.98 Å². The Kier molecular flexibility index (Phi) is 2.58. The summed E-state index contributed by atoms with van der Waals surface area (Å²) in [6.45, 7) is 6.56. The topological polar surface area (TPSA) is 16.1 Å². The molecule has 0 unspecified atom stereocenters. The normalized spacial score (nSPS) is 16.7. The van der Waals surface area contributed by atoms with Crippen molar-refractivity contribution in [3.8, 4) is 0 Å². The molecule has 0 amide bonds. The van der Waals surface area contributed by atoms with Gasteiger partial charge in [0.15, 0.2) is 0 Å². The van der Waals surface area contributed by atoms with E-state index in [0.717, 1.165) is 13.1 Å². The van der Waals surface area contributed by atoms with E-state index < -0.39 is 0 Å². The van der Waals surface area contributed by atoms with Gasteiger partial charge in [0.1, 0.15) is 0 Å². The fraction of sp³-hybridized carbons (Fsp3) is 0.312. The average Bonchev–Trinajstić information content (AvgIpc) is 2.63. The van der Waals surface area contributed by atoms with Crippen LogP contribution in [0.15, 0.2) is 42.7 Å². The molecule has 0 N–H and O–H groups in total. The predicted molar refractivity (Wildman–Crippen MR) is 73.6 cm³/mol. The van der Waals surface area contributed by atoms with Crippen molar-refractivity contribution < 1.29 is 0 Å². The highest BCUT2D eigenvalue weighted by Gasteiger charge is 2.34. The number of benzene rings is 1. The molecule has 1 aromatic heterocycles. The number of aromatic nitrogens is 1. The lowest BCUT2D eigenvalue weighted by molar-refractivity contribution is 0.549. The Labute approximate surface area is 108 Å². The minimum atomic E-state index is 0.204. The highest BCUT2D eigenvalue weighted by atomic mass is 15.2. The van der Waals surface area contributed by atoms with Crippen molar-refractivity contribution in [2.24, 2.45) is 0 Å². The van der Waals surface area contributed by atoms with Crippen molar-refractivity contribution in [3.05, 3.63) is 59.9 Å². The van der Waals surface area contributed by atoms with Crippen LogP contribution in [0.5, 0.6) is 0 Å². The fourth-order valence-electron chi connectivity index (χ4n) is 2.74. The van der Waals surface area contributed by atoms with Crippen molar-refractivity contribution in [1.29, 1.82) is 0 Å². The third-order valence-electron chi connectivity index (χ3n) is 3.59. The second-order valence-corrected chi connectivity index (χ2v) is 5.54. The maximum atomic E-state index is 4.19. The molecule has 0 atom stereocenters. The molecule has 1 aliphatic rings. The van der Waals surface area contributed by atoms with Crippen molar-refractivity contribution in [2.45, 2.75) is 25.8 Å². The number of hydrogen-bond acceptors (Lipinski definition) is 2. The Hall–Kier alpha value is -1.83. The highest BCUT2D eigenvalue weighted by molar-refractivity contribution is 5.62. The highest BCUT2D eigenvalue weighted by Crippen LogP contribution is 2.40. The monoisotopic (exact) mass is 237 g/mol. The van der Waals surface area contributed by atoms with E-state index >= 15 is 0 Å². The number of anilines is 1. The number of fused-ring (bicyclic) bond motifs is 1. The molecule has 0 saturated carbocycles. The standard InChI is InChI=1S/C16H17N2/c1-16(2)12-18(11-13-6-5-9-17-10-13)15-8-4-3-7-14(15)16/h4-10H,11-12H2,1-2H3. The van der Waals surface area contributed by atoms with E-state index in [1.54, 1.807) is 0 Å². The van der Waals surface area contributed by atoms with Gasteiger partial charge in [0, 0.05) is 36.6 Å². The molecular weight excluding hydrogens is 220 g/mol. The summed E-state index contributed by atoms with van der Waals surface area (Å²) in [4.78, 5) is 6.62. The summed E-state index contributed by atoms with van der Waals surface area (Å²) in [5.74, 6) is 0. The van der Waals surface area contributed by atoms with Crippen LogP contribution < -0.4 is 4.90 Å². The molecule has 0 saturated heterocycles. The predicted octanol–water partition coefficient (Wildman–Crippen LogP) is 3.18. The molecule has 2 heteroatoms. The van der Waals surface area contributed by atoms with E-state index in [9.17, 15) is 0 Å². The molecule has 91 valence electrons. The molecule has 1 aromatic carbocycles. The molecule has 0 aliphatic carbocycles. The largest absolute Gasteiger partial charge is 0.366 e. The lowest BCUT2D eigenvalue weighted by atomic mass is 9.87. The fourth-order valence-corrected chi connectivity index (χ4v) is 2.74. The van der Waals surface area contributed by atoms with Crippen molar-refractivity contribution in [3.63, 3.8) is 0 Å². The quantitative estimate of drug-likeness (QED) is 0.797. The number of pyridine rings is 1. The first kappa shape index (κ1) is 11.3. The third-order valence-corrected chi connectivity index (χ3v) is 3.59. The number of hydrogen-bond donors (Lipinski definition) is 0. The first-order valence-electron chi connectivity index (χ1n) is 6.31. The van der Waals surface area contributed by atoms with Crippen LogP contribution in [0.3, 0.4) is 0 Å². The zero-order valence-corrected chi connectivity index (χ0v) is 10.9. The Morgan fingerprint density at radius 1 is 1.39 bits per heavy atom. The lowest BCUT2D eigenvalue weighted by Gasteiger charge is -2.22. The number of nitrogens with zero attached hydrogens (tertiary/aromatic N) is 2. The van der Waals surface area contributed by atoms with E-state index in [1.165, 1.54) is 16.8 Å². The molecule has 0 spiro atoms. The summed E-state index contributed by atoms with van der Waals surface area (Å²) in [5, 5.41) is 0. The molecule has 2 nitrogen and oxygen atoms in total. The summed E-state index contributed by atoms with van der Waals surface area (Å²) in [6, 6.07) is 13.6. The Morgan fingerprint density at radius 2 is 2.28 bits per heavy atom. The van der Waals surface area contributed by atoms with Gasteiger partial charge in [-0.25, -0.2) is 0 Å². The second-order valence-electron chi connectivity index (χ2n) is 5.54. The summed E-state index contributed by atoms with van der Waals surface area (Å²) >= 11 is 0. The van der Waals surface area contributed by atoms with Gasteiger partial charge in [0.05, 0.1) is 0 Å². The van der Waals surface area contributed by atoms with E-state index in [4.69, 9.17) is 0 Å². The maximum absolute atomic E-state index is 4.19. The van der Waals surface area contributed by atoms with E-state index in [1.807, 2.05) is 24.5 Å². The van der Waals surface area contributed by atoms with Crippen molar-refractivity contribution >= 4 is 5.69 Å². The van der Waals surface area contributed by atoms with Crippen molar-refractivity contribution in [2.75, 3.05) is 11.4 Å². The van der Waals surface area contributed by atoms with E-state index in [-0.39, 0.29) is 5.41 Å². The third kappa shape index (κ3) is 1.88. The molecule has 1 radical (unpaired) electrons. The van der Waals surface area contributed by atoms with Gasteiger partial charge < -0.3 is 4.90 Å². The van der Waals surface area contributed by atoms with Crippen LogP contribution in [-0.4, -0.2) is 11.5 Å². The zero-order chi connectivity index (χ0) is 12.6. The average molecular weight is 237 g/mol. The first-order chi connectivity index (χ1) is 8.67. The summed E-state index contributed by atoms with van der Waals surface area (Å²) in [6.07, 6.45) is 3.76. The van der Waals surface area contributed by atoms with Gasteiger partial charge >= 0.3 is 0 Å². The summed E-state index contributed by atoms with van der Waals surface area (Å²) in [5.41, 5.74) is 4.19. The minimum absolute atomic E-state index is 0.204. The smallest absolute Gasteiger partial charge is 0.0445 e. The van der Waals surface area contributed by atoms with Gasteiger partial charge in [-0.2, -0.15) is 0 Å². The van der Waals surface area contributed by atoms with Gasteiger partial charge in [-0.3, -0.25) is 4.98 Å². The van der Waals surface area contributed by atoms with Crippen LogP contribution in [0.1, 0.15) is 25.0 Å². The molecule has 18 heavy (non-hydrogen) atoms. The van der Waals surface area contributed by atoms with Crippen LogP contribution in [0.25, 0.3) is 0 Å². The van der Waals surface area contributed by atoms with Crippen LogP contribution in [0.4, 0.5) is 5.69 Å². The SMILES string of the molecule is CC1(C)CN(Cc2cccnc2)c2cc[c]cc21. The Morgan fingerprint density at radius 3 is 3.06 bits per heavy atom. The summed E-state index contributed by atoms with van der Waals surface area (Å²) < 4.78 is 0. The molecule has 3 rings (SSSR count). The Bertz CT molecular complexity index is 546. The maximum Gasteiger partial charge on any atom is 0.0445 e. The van der Waals surface area contributed by atoms with Gasteiger partial charge in [-0.15, -0.1) is 0 Å². The van der Waals surface area contributed by atoms with Crippen LogP contribution >= 0.6 is 0 Å². The van der Waals surface area contributed by atoms with Gasteiger partial charge in [0.2, 0.25) is 0 Å². The molecule has 2 heterocycles. The summed E-state index contributed by atoms with van der Waals surface area (Å²) in [7, 11) is 0. The second kappa shape index (κ2) is 4.13. The molecule has 2 aromatic rings. The molecule has 0 bridgehead atoms. The van der Waals surface area contributed by atoms with Gasteiger partial charge in [-0.1, -0.05) is 26.0 Å². The van der Waals surface area contributed by atoms with E-state index in [0.29, 0.717) is 0 Å². The molecule has 0 fully saturated rings. The zero-order valence-electron chi connectivity index (χ0n) is 10.9. The molecular formula is C16H17N2. The number of rotatable bonds is 2. The lowest BCUT2D eigenvalue weighted by Crippen LogP contribution is -2.28. The minimum Gasteiger partial charge on any atom is -0.366 e.